The van der Waals surface area contributed by atoms with Gasteiger partial charge in [0.25, 0.3) is 11.8 Å². The first-order valence-corrected chi connectivity index (χ1v) is 20.0. The summed E-state index contributed by atoms with van der Waals surface area (Å²) < 4.78 is 35.0. The number of anilines is 2. The quantitative estimate of drug-likeness (QED) is 0.101. The number of nitrogens with zero attached hydrogens (tertiary/aromatic N) is 1. The molecular weight excluding hydrogens is 769 g/mol. The summed E-state index contributed by atoms with van der Waals surface area (Å²) >= 11 is 0. The van der Waals surface area contributed by atoms with Gasteiger partial charge < -0.3 is 25.6 Å². The van der Waals surface area contributed by atoms with Crippen LogP contribution in [0.25, 0.3) is 0 Å². The molecule has 4 aromatic carbocycles. The Labute approximate surface area is 377 Å². The number of carbonyl (C=O) groups excluding carboxylic acids is 2. The van der Waals surface area contributed by atoms with E-state index in [1.54, 1.807) is 61.5 Å². The van der Waals surface area contributed by atoms with Crippen molar-refractivity contribution in [1.29, 1.82) is 0 Å². The number of aryl methyl sites for hydroxylation is 2. The van der Waals surface area contributed by atoms with E-state index in [1.165, 1.54) is 28.6 Å². The van der Waals surface area contributed by atoms with Crippen LogP contribution in [-0.2, 0) is 27.7 Å². The van der Waals surface area contributed by atoms with Crippen LogP contribution >= 0.6 is 0 Å². The van der Waals surface area contributed by atoms with Gasteiger partial charge in [-0.05, 0) is 129 Å². The fourth-order valence-corrected chi connectivity index (χ4v) is 8.57. The molecule has 292 valence electrons. The molecule has 0 spiro atoms. The zero-order valence-electron chi connectivity index (χ0n) is 30.6. The summed E-state index contributed by atoms with van der Waals surface area (Å²) in [7, 11) is -4.01. The number of hydrogen-bond donors (Lipinski definition) is 4. The molecule has 2 amide bonds. The van der Waals surface area contributed by atoms with Crippen molar-refractivity contribution in [1.82, 2.24) is 4.31 Å². The van der Waals surface area contributed by atoms with Gasteiger partial charge in [-0.2, -0.15) is 4.31 Å². The molecule has 0 saturated heterocycles. The third kappa shape index (κ3) is 12.2. The molecule has 4 aromatic rings. The maximum atomic E-state index is 13.8. The topological polar surface area (TPSA) is 179 Å². The molecule has 15 heteroatoms. The van der Waals surface area contributed by atoms with E-state index in [4.69, 9.17) is 9.84 Å². The Morgan fingerprint density at radius 3 is 1.95 bits per heavy atom. The van der Waals surface area contributed by atoms with Crippen LogP contribution in [0.5, 0.6) is 5.75 Å². The molecule has 0 aliphatic heterocycles. The SMILES string of the molecule is CCN(C1CCC(C(=O)O)CC1)S(=O)(=O)c1cccc(C(=O)Nc2ccc(OCC3CC3)cc2C(=O)Nc2ccc(CCc3ccc(C(=O)O)cc3)cc2)c1.[NaH].[NaH]. The number of rotatable bonds is 16. The zero-order valence-corrected chi connectivity index (χ0v) is 31.4. The van der Waals surface area contributed by atoms with Gasteiger partial charge in [0, 0.05) is 23.8 Å². The van der Waals surface area contributed by atoms with Gasteiger partial charge in [0.05, 0.1) is 34.2 Å². The molecule has 2 fully saturated rings. The van der Waals surface area contributed by atoms with Crippen molar-refractivity contribution < 1.29 is 42.5 Å². The molecule has 0 bridgehead atoms. The summed E-state index contributed by atoms with van der Waals surface area (Å²) in [5.41, 5.74) is 3.27. The first-order chi connectivity index (χ1) is 26.4. The van der Waals surface area contributed by atoms with E-state index in [9.17, 15) is 32.7 Å². The molecule has 6 rings (SSSR count). The minimum absolute atomic E-state index is 0. The summed E-state index contributed by atoms with van der Waals surface area (Å²) in [5, 5.41) is 24.2. The second-order valence-electron chi connectivity index (χ2n) is 14.1. The Hall–Kier alpha value is -3.53. The van der Waals surface area contributed by atoms with Crippen LogP contribution in [0.2, 0.25) is 0 Å². The minimum atomic E-state index is -4.01. The summed E-state index contributed by atoms with van der Waals surface area (Å²) in [6.07, 6.45) is 5.27. The summed E-state index contributed by atoms with van der Waals surface area (Å²) in [6.45, 7) is 2.46. The predicted octanol–water partition coefficient (Wildman–Crippen LogP) is 5.82. The van der Waals surface area contributed by atoms with Gasteiger partial charge in [0.1, 0.15) is 5.75 Å². The number of carboxylic acid groups (broad SMARTS) is 2. The number of hydrogen-bond acceptors (Lipinski definition) is 7. The van der Waals surface area contributed by atoms with E-state index in [2.05, 4.69) is 10.6 Å². The summed E-state index contributed by atoms with van der Waals surface area (Å²) in [4.78, 5) is 49.9. The first kappa shape index (κ1) is 46.2. The summed E-state index contributed by atoms with van der Waals surface area (Å²) in [6, 6.07) is 24.4. The normalized spacial score (nSPS) is 16.4. The number of ether oxygens (including phenoxy) is 1. The Kier molecular flexibility index (Phi) is 17.0. The zero-order chi connectivity index (χ0) is 39.1. The van der Waals surface area contributed by atoms with E-state index >= 15 is 0 Å². The fourth-order valence-electron chi connectivity index (χ4n) is 6.83. The standard InChI is InChI=1S/C42H45N3O9S.2Na.2H/c1-2-45(34-20-16-31(17-21-34)42(50)51)55(52,53)36-5-3-4-32(24-36)39(46)44-38-23-22-35(54-26-29-8-9-29)25-37(38)40(47)43-33-18-12-28(13-19-33)7-6-27-10-14-30(15-11-27)41(48)49;;;;/h3-5,10-15,18-19,22-25,29,31,34H,2,6-9,16-17,20-21,26H2,1H3,(H,43,47)(H,44,46)(H,48,49)(H,50,51);;;;. The molecule has 0 radical (unpaired) electrons. The van der Waals surface area contributed by atoms with E-state index in [1.807, 2.05) is 12.1 Å². The van der Waals surface area contributed by atoms with Crippen LogP contribution in [0.3, 0.4) is 0 Å². The van der Waals surface area contributed by atoms with E-state index in [-0.39, 0.29) is 99.0 Å². The molecule has 12 nitrogen and oxygen atoms in total. The molecule has 0 heterocycles. The molecule has 2 saturated carbocycles. The van der Waals surface area contributed by atoms with Gasteiger partial charge in [-0.15, -0.1) is 0 Å². The van der Waals surface area contributed by atoms with Crippen molar-refractivity contribution in [3.05, 3.63) is 119 Å². The van der Waals surface area contributed by atoms with Crippen LogP contribution in [0.4, 0.5) is 11.4 Å². The Balaban J connectivity index is 0.00000360. The number of carbonyl (C=O) groups is 4. The van der Waals surface area contributed by atoms with Crippen molar-refractivity contribution >= 4 is 104 Å². The summed E-state index contributed by atoms with van der Waals surface area (Å²) in [5.74, 6) is -2.45. The number of benzene rings is 4. The van der Waals surface area contributed by atoms with Crippen molar-refractivity contribution in [2.24, 2.45) is 11.8 Å². The van der Waals surface area contributed by atoms with Crippen molar-refractivity contribution in [2.75, 3.05) is 23.8 Å². The monoisotopic (exact) mass is 815 g/mol. The number of aliphatic carboxylic acids is 1. The van der Waals surface area contributed by atoms with Gasteiger partial charge in [0.2, 0.25) is 10.0 Å². The van der Waals surface area contributed by atoms with E-state index in [0.717, 1.165) is 24.0 Å². The maximum absolute atomic E-state index is 13.8. The Bertz CT molecular complexity index is 2150. The molecule has 57 heavy (non-hydrogen) atoms. The van der Waals surface area contributed by atoms with E-state index in [0.29, 0.717) is 62.5 Å². The van der Waals surface area contributed by atoms with Crippen LogP contribution in [0.15, 0.2) is 95.9 Å². The third-order valence-corrected chi connectivity index (χ3v) is 12.3. The van der Waals surface area contributed by atoms with Crippen LogP contribution in [0, 0.1) is 11.8 Å². The molecular formula is C42H47N3Na2O9S. The van der Waals surface area contributed by atoms with E-state index < -0.39 is 39.7 Å². The molecule has 0 atom stereocenters. The third-order valence-electron chi connectivity index (χ3n) is 10.2. The van der Waals surface area contributed by atoms with Gasteiger partial charge in [-0.3, -0.25) is 14.4 Å². The Morgan fingerprint density at radius 1 is 0.737 bits per heavy atom. The molecule has 0 aromatic heterocycles. The number of carboxylic acids is 2. The number of nitrogens with one attached hydrogen (secondary N) is 2. The average molecular weight is 816 g/mol. The molecule has 2 aliphatic carbocycles. The van der Waals surface area contributed by atoms with Gasteiger partial charge >= 0.3 is 71.1 Å². The predicted molar refractivity (Wildman–Crippen MR) is 222 cm³/mol. The van der Waals surface area contributed by atoms with Gasteiger partial charge in [0.15, 0.2) is 0 Å². The second kappa shape index (κ2) is 20.9. The van der Waals surface area contributed by atoms with Crippen LogP contribution in [0.1, 0.15) is 87.6 Å². The molecule has 4 N–H and O–H groups in total. The van der Waals surface area contributed by atoms with Crippen LogP contribution < -0.4 is 15.4 Å². The number of amides is 2. The number of aromatic carboxylic acids is 1. The fraction of sp³-hybridized carbons (Fsp3) is 0.333. The van der Waals surface area contributed by atoms with Crippen molar-refractivity contribution in [2.45, 2.75) is 69.2 Å². The first-order valence-electron chi connectivity index (χ1n) is 18.6. The average Bonchev–Trinajstić information content (AvgIpc) is 4.02. The number of sulfonamides is 1. The molecule has 2 aliphatic rings. The van der Waals surface area contributed by atoms with Crippen LogP contribution in [-0.4, -0.2) is 125 Å². The Morgan fingerprint density at radius 2 is 1.37 bits per heavy atom. The molecule has 0 unspecified atom stereocenters. The second-order valence-corrected chi connectivity index (χ2v) is 16.0. The van der Waals surface area contributed by atoms with Crippen molar-refractivity contribution in [3.8, 4) is 5.75 Å². The van der Waals surface area contributed by atoms with Gasteiger partial charge in [-0.1, -0.05) is 37.3 Å². The van der Waals surface area contributed by atoms with Crippen molar-refractivity contribution in [3.63, 3.8) is 0 Å². The van der Waals surface area contributed by atoms with Gasteiger partial charge in [-0.25, -0.2) is 13.2 Å².